The number of benzene rings is 1. The number of carboxylic acid groups (broad SMARTS) is 1. The van der Waals surface area contributed by atoms with Crippen molar-refractivity contribution in [3.8, 4) is 0 Å². The highest BCUT2D eigenvalue weighted by molar-refractivity contribution is 7.89. The zero-order valence-corrected chi connectivity index (χ0v) is 14.8. The van der Waals surface area contributed by atoms with Crippen LogP contribution in [0.4, 0.5) is 0 Å². The minimum absolute atomic E-state index is 0.0146. The van der Waals surface area contributed by atoms with Crippen LogP contribution in [0.2, 0.25) is 0 Å². The van der Waals surface area contributed by atoms with Crippen molar-refractivity contribution in [1.82, 2.24) is 14.9 Å². The molecule has 0 aliphatic heterocycles. The van der Waals surface area contributed by atoms with Crippen LogP contribution < -0.4 is 10.6 Å². The standard InChI is InChI=1S/C15H21N3O6S/c1-3-18(4-2)25(23,24)12-7-5-6-11(8-12)15(22)17-9-13(19)16-10-14(20)21/h5-8H,3-4,9-10H2,1-2H3,(H,16,19)(H,17,22)(H,20,21). The van der Waals surface area contributed by atoms with Crippen molar-refractivity contribution in [3.63, 3.8) is 0 Å². The number of sulfonamides is 1. The largest absolute Gasteiger partial charge is 0.480 e. The number of hydrogen-bond donors (Lipinski definition) is 3. The van der Waals surface area contributed by atoms with E-state index >= 15 is 0 Å². The number of carbonyl (C=O) groups excluding carboxylic acids is 2. The lowest BCUT2D eigenvalue weighted by Crippen LogP contribution is -2.39. The number of amides is 2. The van der Waals surface area contributed by atoms with E-state index in [2.05, 4.69) is 10.6 Å². The first-order valence-corrected chi connectivity index (χ1v) is 9.03. The molecule has 2 amide bonds. The van der Waals surface area contributed by atoms with Gasteiger partial charge in [-0.3, -0.25) is 14.4 Å². The Labute approximate surface area is 146 Å². The summed E-state index contributed by atoms with van der Waals surface area (Å²) in [5.41, 5.74) is 0.0827. The molecule has 0 atom stereocenters. The van der Waals surface area contributed by atoms with E-state index in [9.17, 15) is 22.8 Å². The van der Waals surface area contributed by atoms with Gasteiger partial charge in [0.1, 0.15) is 6.54 Å². The maximum absolute atomic E-state index is 12.5. The number of carbonyl (C=O) groups is 3. The minimum Gasteiger partial charge on any atom is -0.480 e. The molecular weight excluding hydrogens is 350 g/mol. The molecule has 0 aromatic heterocycles. The summed E-state index contributed by atoms with van der Waals surface area (Å²) < 4.78 is 26.2. The SMILES string of the molecule is CCN(CC)S(=O)(=O)c1cccc(C(=O)NCC(=O)NCC(=O)O)c1. The Bertz CT molecular complexity index is 743. The number of nitrogens with zero attached hydrogens (tertiary/aromatic N) is 1. The third-order valence-corrected chi connectivity index (χ3v) is 5.33. The van der Waals surface area contributed by atoms with Crippen LogP contribution in [0.25, 0.3) is 0 Å². The van der Waals surface area contributed by atoms with Gasteiger partial charge in [-0.1, -0.05) is 19.9 Å². The van der Waals surface area contributed by atoms with Gasteiger partial charge in [-0.25, -0.2) is 8.42 Å². The topological polar surface area (TPSA) is 133 Å². The third-order valence-electron chi connectivity index (χ3n) is 3.29. The average molecular weight is 371 g/mol. The van der Waals surface area contributed by atoms with Crippen molar-refractivity contribution < 1.29 is 27.9 Å². The highest BCUT2D eigenvalue weighted by Crippen LogP contribution is 2.16. The Morgan fingerprint density at radius 3 is 2.28 bits per heavy atom. The Morgan fingerprint density at radius 1 is 1.08 bits per heavy atom. The molecule has 0 aliphatic rings. The molecule has 0 unspecified atom stereocenters. The van der Waals surface area contributed by atoms with Gasteiger partial charge in [-0.15, -0.1) is 0 Å². The fourth-order valence-corrected chi connectivity index (χ4v) is 3.51. The van der Waals surface area contributed by atoms with Crippen molar-refractivity contribution in [2.75, 3.05) is 26.2 Å². The maximum atomic E-state index is 12.5. The van der Waals surface area contributed by atoms with Gasteiger partial charge in [0.2, 0.25) is 15.9 Å². The second kappa shape index (κ2) is 9.14. The molecule has 0 aliphatic carbocycles. The maximum Gasteiger partial charge on any atom is 0.322 e. The third kappa shape index (κ3) is 5.84. The Hall–Kier alpha value is -2.46. The number of hydrogen-bond acceptors (Lipinski definition) is 5. The first-order valence-electron chi connectivity index (χ1n) is 7.59. The quantitative estimate of drug-likeness (QED) is 0.543. The molecule has 1 rings (SSSR count). The van der Waals surface area contributed by atoms with Gasteiger partial charge in [0, 0.05) is 18.7 Å². The molecule has 9 nitrogen and oxygen atoms in total. The number of rotatable bonds is 9. The second-order valence-electron chi connectivity index (χ2n) is 4.97. The summed E-state index contributed by atoms with van der Waals surface area (Å²) >= 11 is 0. The van der Waals surface area contributed by atoms with E-state index in [0.29, 0.717) is 13.1 Å². The molecule has 3 N–H and O–H groups in total. The van der Waals surface area contributed by atoms with Crippen LogP contribution in [0.1, 0.15) is 24.2 Å². The van der Waals surface area contributed by atoms with Crippen molar-refractivity contribution in [2.45, 2.75) is 18.7 Å². The van der Waals surface area contributed by atoms with Crippen LogP contribution in [0, 0.1) is 0 Å². The van der Waals surface area contributed by atoms with Crippen molar-refractivity contribution in [1.29, 1.82) is 0 Å². The number of nitrogens with one attached hydrogen (secondary N) is 2. The Morgan fingerprint density at radius 2 is 1.72 bits per heavy atom. The predicted octanol–water partition coefficient (Wildman–Crippen LogP) is -0.352. The van der Waals surface area contributed by atoms with E-state index in [4.69, 9.17) is 5.11 Å². The van der Waals surface area contributed by atoms with Crippen LogP contribution in [-0.2, 0) is 19.6 Å². The second-order valence-corrected chi connectivity index (χ2v) is 6.91. The van der Waals surface area contributed by atoms with Crippen LogP contribution in [0.5, 0.6) is 0 Å². The molecule has 10 heteroatoms. The molecule has 25 heavy (non-hydrogen) atoms. The van der Waals surface area contributed by atoms with Gasteiger partial charge < -0.3 is 15.7 Å². The van der Waals surface area contributed by atoms with Crippen LogP contribution in [0.3, 0.4) is 0 Å². The van der Waals surface area contributed by atoms with Crippen molar-refractivity contribution in [2.24, 2.45) is 0 Å². The summed E-state index contributed by atoms with van der Waals surface area (Å²) in [5.74, 6) is -2.50. The van der Waals surface area contributed by atoms with Gasteiger partial charge in [0.25, 0.3) is 5.91 Å². The molecule has 0 fully saturated rings. The van der Waals surface area contributed by atoms with E-state index in [1.165, 1.54) is 28.6 Å². The summed E-state index contributed by atoms with van der Waals surface area (Å²) in [6.07, 6.45) is 0. The highest BCUT2D eigenvalue weighted by Gasteiger charge is 2.22. The molecule has 0 spiro atoms. The van der Waals surface area contributed by atoms with Crippen molar-refractivity contribution in [3.05, 3.63) is 29.8 Å². The summed E-state index contributed by atoms with van der Waals surface area (Å²) in [4.78, 5) is 33.8. The van der Waals surface area contributed by atoms with Crippen LogP contribution >= 0.6 is 0 Å². The minimum atomic E-state index is -3.70. The molecule has 138 valence electrons. The summed E-state index contributed by atoms with van der Waals surface area (Å²) in [6.45, 7) is 3.07. The number of aliphatic carboxylic acids is 1. The smallest absolute Gasteiger partial charge is 0.322 e. The van der Waals surface area contributed by atoms with E-state index in [1.54, 1.807) is 13.8 Å². The Kier molecular flexibility index (Phi) is 7.52. The van der Waals surface area contributed by atoms with Gasteiger partial charge >= 0.3 is 5.97 Å². The molecule has 0 saturated carbocycles. The highest BCUT2D eigenvalue weighted by atomic mass is 32.2. The lowest BCUT2D eigenvalue weighted by Gasteiger charge is -2.18. The molecule has 1 aromatic carbocycles. The van der Waals surface area contributed by atoms with Crippen LogP contribution in [0.15, 0.2) is 29.2 Å². The monoisotopic (exact) mass is 371 g/mol. The average Bonchev–Trinajstić information content (AvgIpc) is 2.58. The number of carboxylic acids is 1. The van der Waals surface area contributed by atoms with Gasteiger partial charge in [0.05, 0.1) is 11.4 Å². The van der Waals surface area contributed by atoms with Gasteiger partial charge in [-0.2, -0.15) is 4.31 Å². The molecule has 0 saturated heterocycles. The van der Waals surface area contributed by atoms with E-state index in [0.717, 1.165) is 0 Å². The lowest BCUT2D eigenvalue weighted by atomic mass is 10.2. The molecular formula is C15H21N3O6S. The Balaban J connectivity index is 2.82. The molecule has 0 bridgehead atoms. The fourth-order valence-electron chi connectivity index (χ4n) is 2.01. The summed E-state index contributed by atoms with van der Waals surface area (Å²) in [5, 5.41) is 12.9. The van der Waals surface area contributed by atoms with E-state index in [-0.39, 0.29) is 10.5 Å². The fraction of sp³-hybridized carbons (Fsp3) is 0.400. The van der Waals surface area contributed by atoms with Crippen molar-refractivity contribution >= 4 is 27.8 Å². The van der Waals surface area contributed by atoms with E-state index < -0.39 is 40.9 Å². The predicted molar refractivity (Wildman–Crippen MR) is 89.5 cm³/mol. The van der Waals surface area contributed by atoms with Gasteiger partial charge in [0.15, 0.2) is 0 Å². The normalized spacial score (nSPS) is 11.2. The first-order chi connectivity index (χ1) is 11.7. The van der Waals surface area contributed by atoms with Gasteiger partial charge in [-0.05, 0) is 18.2 Å². The summed E-state index contributed by atoms with van der Waals surface area (Å²) in [7, 11) is -3.70. The summed E-state index contributed by atoms with van der Waals surface area (Å²) in [6, 6.07) is 5.49. The zero-order valence-electron chi connectivity index (χ0n) is 14.0. The first kappa shape index (κ1) is 20.6. The lowest BCUT2D eigenvalue weighted by molar-refractivity contribution is -0.137. The molecule has 0 radical (unpaired) electrons. The van der Waals surface area contributed by atoms with Crippen LogP contribution in [-0.4, -0.2) is 61.8 Å². The molecule has 0 heterocycles. The van der Waals surface area contributed by atoms with E-state index in [1.807, 2.05) is 0 Å². The molecule has 1 aromatic rings. The zero-order chi connectivity index (χ0) is 19.0.